The molecule has 0 N–H and O–H groups in total. The molecule has 0 saturated carbocycles. The second kappa shape index (κ2) is 3.65. The summed E-state index contributed by atoms with van der Waals surface area (Å²) in [5.41, 5.74) is 8.72. The SMILES string of the molecule is CCc1ccc2c(c1CC)C1=C(CCC1)[N]2. The fraction of sp³-hybridized carbons (Fsp3) is 0.467. The van der Waals surface area contributed by atoms with Crippen molar-refractivity contribution in [2.45, 2.75) is 46.0 Å². The lowest BCUT2D eigenvalue weighted by Crippen LogP contribution is -1.98. The van der Waals surface area contributed by atoms with Gasteiger partial charge in [-0.25, -0.2) is 0 Å². The highest BCUT2D eigenvalue weighted by molar-refractivity contribution is 5.86. The maximum Gasteiger partial charge on any atom is 0.0711 e. The van der Waals surface area contributed by atoms with Crippen LogP contribution in [0.4, 0.5) is 5.69 Å². The van der Waals surface area contributed by atoms with E-state index >= 15 is 0 Å². The summed E-state index contributed by atoms with van der Waals surface area (Å²) in [5, 5.41) is 4.78. The molecule has 0 bridgehead atoms. The molecule has 83 valence electrons. The van der Waals surface area contributed by atoms with Gasteiger partial charge in [0.15, 0.2) is 0 Å². The van der Waals surface area contributed by atoms with Crippen LogP contribution >= 0.6 is 0 Å². The highest BCUT2D eigenvalue weighted by atomic mass is 14.9. The van der Waals surface area contributed by atoms with Crippen LogP contribution in [0.5, 0.6) is 0 Å². The van der Waals surface area contributed by atoms with Gasteiger partial charge in [-0.3, -0.25) is 5.32 Å². The molecule has 1 nitrogen and oxygen atoms in total. The molecule has 0 unspecified atom stereocenters. The first kappa shape index (κ1) is 9.95. The fourth-order valence-electron chi connectivity index (χ4n) is 3.11. The zero-order valence-electron chi connectivity index (χ0n) is 10.1. The normalized spacial score (nSPS) is 17.4. The van der Waals surface area contributed by atoms with Crippen LogP contribution < -0.4 is 5.32 Å². The van der Waals surface area contributed by atoms with E-state index in [1.165, 1.54) is 41.8 Å². The highest BCUT2D eigenvalue weighted by Gasteiger charge is 2.28. The minimum Gasteiger partial charge on any atom is -0.253 e. The molecular weight excluding hydrogens is 194 g/mol. The molecule has 1 heteroatoms. The summed E-state index contributed by atoms with van der Waals surface area (Å²) in [4.78, 5) is 0. The average Bonchev–Trinajstić information content (AvgIpc) is 2.87. The van der Waals surface area contributed by atoms with Crippen LogP contribution in [-0.2, 0) is 12.8 Å². The molecule has 0 saturated heterocycles. The molecule has 2 aliphatic rings. The lowest BCUT2D eigenvalue weighted by atomic mass is 9.92. The lowest BCUT2D eigenvalue weighted by molar-refractivity contribution is 0.856. The minimum absolute atomic E-state index is 1.14. The van der Waals surface area contributed by atoms with Gasteiger partial charge in [0.1, 0.15) is 0 Å². The molecule has 3 rings (SSSR count). The molecule has 0 amide bonds. The predicted octanol–water partition coefficient (Wildman–Crippen LogP) is 3.96. The summed E-state index contributed by atoms with van der Waals surface area (Å²) in [6.45, 7) is 4.51. The molecule has 0 atom stereocenters. The van der Waals surface area contributed by atoms with Gasteiger partial charge in [-0.05, 0) is 54.9 Å². The Kier molecular flexibility index (Phi) is 2.27. The predicted molar refractivity (Wildman–Crippen MR) is 67.8 cm³/mol. The van der Waals surface area contributed by atoms with Crippen LogP contribution in [0.15, 0.2) is 17.8 Å². The average molecular weight is 212 g/mol. The summed E-state index contributed by atoms with van der Waals surface area (Å²) >= 11 is 0. The van der Waals surface area contributed by atoms with Gasteiger partial charge in [0.25, 0.3) is 0 Å². The Morgan fingerprint density at radius 3 is 2.75 bits per heavy atom. The summed E-state index contributed by atoms with van der Waals surface area (Å²) in [6.07, 6.45) is 6.01. The van der Waals surface area contributed by atoms with Crippen molar-refractivity contribution in [3.8, 4) is 0 Å². The van der Waals surface area contributed by atoms with Gasteiger partial charge >= 0.3 is 0 Å². The van der Waals surface area contributed by atoms with Crippen molar-refractivity contribution < 1.29 is 0 Å². The zero-order valence-corrected chi connectivity index (χ0v) is 10.1. The summed E-state index contributed by atoms with van der Waals surface area (Å²) in [6, 6.07) is 4.48. The van der Waals surface area contributed by atoms with Crippen molar-refractivity contribution in [2.75, 3.05) is 0 Å². The van der Waals surface area contributed by atoms with E-state index in [1.54, 1.807) is 11.1 Å². The Morgan fingerprint density at radius 2 is 2.00 bits per heavy atom. The zero-order chi connectivity index (χ0) is 11.1. The van der Waals surface area contributed by atoms with Crippen molar-refractivity contribution in [3.63, 3.8) is 0 Å². The van der Waals surface area contributed by atoms with E-state index in [0.717, 1.165) is 12.8 Å². The van der Waals surface area contributed by atoms with Gasteiger partial charge < -0.3 is 0 Å². The number of hydrogen-bond donors (Lipinski definition) is 0. The molecule has 1 aromatic rings. The van der Waals surface area contributed by atoms with E-state index in [2.05, 4.69) is 26.0 Å². The Hall–Kier alpha value is -1.24. The summed E-state index contributed by atoms with van der Waals surface area (Å²) < 4.78 is 0. The van der Waals surface area contributed by atoms with Gasteiger partial charge in [0, 0.05) is 11.3 Å². The van der Waals surface area contributed by atoms with E-state index in [4.69, 9.17) is 5.32 Å². The van der Waals surface area contributed by atoms with Crippen molar-refractivity contribution in [1.29, 1.82) is 0 Å². The maximum atomic E-state index is 4.78. The third-order valence-corrected chi connectivity index (χ3v) is 3.87. The second-order valence-electron chi connectivity index (χ2n) is 4.70. The topological polar surface area (TPSA) is 14.1 Å². The second-order valence-corrected chi connectivity index (χ2v) is 4.70. The first-order valence-corrected chi connectivity index (χ1v) is 6.44. The van der Waals surface area contributed by atoms with E-state index in [-0.39, 0.29) is 0 Å². The van der Waals surface area contributed by atoms with Crippen LogP contribution in [0.25, 0.3) is 5.57 Å². The molecule has 0 fully saturated rings. The summed E-state index contributed by atoms with van der Waals surface area (Å²) in [7, 11) is 0. The quantitative estimate of drug-likeness (QED) is 0.704. The van der Waals surface area contributed by atoms with E-state index in [9.17, 15) is 0 Å². The van der Waals surface area contributed by atoms with Gasteiger partial charge in [0.05, 0.1) is 5.69 Å². The molecule has 1 radical (unpaired) electrons. The standard InChI is InChI=1S/C15H18N/c1-3-10-8-9-14-15(11(10)4-2)12-6-5-7-13(12)16-14/h8-9H,3-7H2,1-2H3. The highest BCUT2D eigenvalue weighted by Crippen LogP contribution is 2.46. The number of rotatable bonds is 2. The molecule has 0 aromatic heterocycles. The van der Waals surface area contributed by atoms with Gasteiger partial charge in [0.2, 0.25) is 0 Å². The third kappa shape index (κ3) is 1.24. The Bertz CT molecular complexity index is 469. The number of allylic oxidation sites excluding steroid dienone is 2. The van der Waals surface area contributed by atoms with E-state index in [1.807, 2.05) is 0 Å². The van der Waals surface area contributed by atoms with Gasteiger partial charge in [-0.15, -0.1) is 0 Å². The number of benzene rings is 1. The van der Waals surface area contributed by atoms with Crippen LogP contribution in [0, 0.1) is 0 Å². The molecule has 1 aliphatic heterocycles. The van der Waals surface area contributed by atoms with E-state index < -0.39 is 0 Å². The molecular formula is C15H18N. The smallest absolute Gasteiger partial charge is 0.0711 e. The number of hydrogen-bond acceptors (Lipinski definition) is 0. The number of nitrogens with zero attached hydrogens (tertiary/aromatic N) is 1. The van der Waals surface area contributed by atoms with Crippen molar-refractivity contribution in [1.82, 2.24) is 5.32 Å². The third-order valence-electron chi connectivity index (χ3n) is 3.87. The van der Waals surface area contributed by atoms with Crippen molar-refractivity contribution in [2.24, 2.45) is 0 Å². The first-order valence-electron chi connectivity index (χ1n) is 6.44. The van der Waals surface area contributed by atoms with Crippen molar-refractivity contribution in [3.05, 3.63) is 34.5 Å². The largest absolute Gasteiger partial charge is 0.253 e. The number of aryl methyl sites for hydroxylation is 1. The molecule has 16 heavy (non-hydrogen) atoms. The van der Waals surface area contributed by atoms with Crippen molar-refractivity contribution >= 4 is 11.3 Å². The van der Waals surface area contributed by atoms with E-state index in [0.29, 0.717) is 0 Å². The van der Waals surface area contributed by atoms with Crippen LogP contribution in [0.2, 0.25) is 0 Å². The first-order chi connectivity index (χ1) is 7.85. The molecule has 1 aromatic carbocycles. The lowest BCUT2D eigenvalue weighted by Gasteiger charge is -2.13. The monoisotopic (exact) mass is 212 g/mol. The Morgan fingerprint density at radius 1 is 1.12 bits per heavy atom. The summed E-state index contributed by atoms with van der Waals surface area (Å²) in [5.74, 6) is 0. The molecule has 1 aliphatic carbocycles. The molecule has 1 heterocycles. The molecule has 0 spiro atoms. The van der Waals surface area contributed by atoms with Crippen LogP contribution in [-0.4, -0.2) is 0 Å². The maximum absolute atomic E-state index is 4.78. The van der Waals surface area contributed by atoms with Crippen LogP contribution in [0.3, 0.4) is 0 Å². The Balaban J connectivity index is 2.19. The van der Waals surface area contributed by atoms with Crippen LogP contribution in [0.1, 0.15) is 49.8 Å². The van der Waals surface area contributed by atoms with Gasteiger partial charge in [-0.1, -0.05) is 19.9 Å². The number of fused-ring (bicyclic) bond motifs is 2. The minimum atomic E-state index is 1.14. The fourth-order valence-corrected chi connectivity index (χ4v) is 3.11. The Labute approximate surface area is 97.6 Å². The van der Waals surface area contributed by atoms with Gasteiger partial charge in [-0.2, -0.15) is 0 Å².